The fourth-order valence-corrected chi connectivity index (χ4v) is 2.56. The quantitative estimate of drug-likeness (QED) is 0.510. The first-order valence-electron chi connectivity index (χ1n) is 7.61. The predicted molar refractivity (Wildman–Crippen MR) is 72.8 cm³/mol. The van der Waals surface area contributed by atoms with Crippen molar-refractivity contribution in [3.05, 3.63) is 0 Å². The van der Waals surface area contributed by atoms with Crippen LogP contribution in [0.25, 0.3) is 0 Å². The van der Waals surface area contributed by atoms with Crippen LogP contribution in [0, 0.1) is 5.92 Å². The first-order chi connectivity index (χ1) is 7.88. The first-order valence-corrected chi connectivity index (χ1v) is 7.61. The highest BCUT2D eigenvalue weighted by molar-refractivity contribution is 4.92. The van der Waals surface area contributed by atoms with Crippen molar-refractivity contribution in [2.45, 2.75) is 84.1 Å². The van der Waals surface area contributed by atoms with Crippen LogP contribution < -0.4 is 5.32 Å². The van der Waals surface area contributed by atoms with E-state index in [1.54, 1.807) is 0 Å². The van der Waals surface area contributed by atoms with Gasteiger partial charge in [0.25, 0.3) is 0 Å². The second-order valence-corrected chi connectivity index (χ2v) is 5.47. The van der Waals surface area contributed by atoms with Crippen LogP contribution in [0.2, 0.25) is 0 Å². The number of hydrogen-bond acceptors (Lipinski definition) is 1. The summed E-state index contributed by atoms with van der Waals surface area (Å²) in [5.41, 5.74) is 0. The highest BCUT2D eigenvalue weighted by Gasteiger charge is 2.34. The van der Waals surface area contributed by atoms with Gasteiger partial charge in [-0.2, -0.15) is 0 Å². The number of hydrogen-bond donors (Lipinski definition) is 1. The summed E-state index contributed by atoms with van der Waals surface area (Å²) in [5, 5.41) is 3.69. The SMILES string of the molecule is CCCCCCCCCNC1CC1CCC. The van der Waals surface area contributed by atoms with Crippen LogP contribution in [0.15, 0.2) is 0 Å². The lowest BCUT2D eigenvalue weighted by molar-refractivity contribution is 0.544. The van der Waals surface area contributed by atoms with Crippen LogP contribution >= 0.6 is 0 Å². The lowest BCUT2D eigenvalue weighted by Crippen LogP contribution is -2.19. The average Bonchev–Trinajstić information content (AvgIpc) is 3.01. The fourth-order valence-electron chi connectivity index (χ4n) is 2.56. The summed E-state index contributed by atoms with van der Waals surface area (Å²) in [6.45, 7) is 5.84. The van der Waals surface area contributed by atoms with Crippen molar-refractivity contribution < 1.29 is 0 Å². The Morgan fingerprint density at radius 1 is 0.875 bits per heavy atom. The van der Waals surface area contributed by atoms with Gasteiger partial charge in [-0.3, -0.25) is 0 Å². The van der Waals surface area contributed by atoms with Crippen molar-refractivity contribution in [2.24, 2.45) is 5.92 Å². The lowest BCUT2D eigenvalue weighted by Gasteiger charge is -2.04. The standard InChI is InChI=1S/C15H31N/c1-3-5-6-7-8-9-10-12-16-15-13-14(15)11-4-2/h14-16H,3-13H2,1-2H3. The van der Waals surface area contributed by atoms with E-state index in [-0.39, 0.29) is 0 Å². The summed E-state index contributed by atoms with van der Waals surface area (Å²) in [5.74, 6) is 1.02. The summed E-state index contributed by atoms with van der Waals surface area (Å²) in [6.07, 6.45) is 14.2. The molecule has 16 heavy (non-hydrogen) atoms. The molecule has 2 atom stereocenters. The zero-order valence-corrected chi connectivity index (χ0v) is 11.4. The molecule has 0 spiro atoms. The highest BCUT2D eigenvalue weighted by Crippen LogP contribution is 2.34. The molecule has 96 valence electrons. The highest BCUT2D eigenvalue weighted by atomic mass is 15.0. The number of nitrogens with one attached hydrogen (secondary N) is 1. The van der Waals surface area contributed by atoms with Gasteiger partial charge in [0.1, 0.15) is 0 Å². The third-order valence-electron chi connectivity index (χ3n) is 3.77. The molecule has 1 aliphatic carbocycles. The molecule has 1 aliphatic rings. The van der Waals surface area contributed by atoms with Gasteiger partial charge in [0.2, 0.25) is 0 Å². The zero-order valence-electron chi connectivity index (χ0n) is 11.4. The molecule has 1 rings (SSSR count). The predicted octanol–water partition coefficient (Wildman–Crippen LogP) is 4.52. The maximum atomic E-state index is 3.69. The number of rotatable bonds is 11. The van der Waals surface area contributed by atoms with Crippen LogP contribution in [0.3, 0.4) is 0 Å². The van der Waals surface area contributed by atoms with E-state index in [0.717, 1.165) is 12.0 Å². The van der Waals surface area contributed by atoms with Crippen LogP contribution in [0.4, 0.5) is 0 Å². The minimum atomic E-state index is 0.889. The molecule has 1 fully saturated rings. The Kier molecular flexibility index (Phi) is 7.92. The molecular formula is C15H31N. The average molecular weight is 225 g/mol. The van der Waals surface area contributed by atoms with Gasteiger partial charge in [-0.15, -0.1) is 0 Å². The largest absolute Gasteiger partial charge is 0.314 e. The normalized spacial score (nSPS) is 23.6. The molecule has 0 bridgehead atoms. The van der Waals surface area contributed by atoms with E-state index in [1.165, 1.54) is 70.8 Å². The maximum Gasteiger partial charge on any atom is 0.00991 e. The van der Waals surface area contributed by atoms with Gasteiger partial charge in [-0.05, 0) is 31.7 Å². The van der Waals surface area contributed by atoms with Gasteiger partial charge in [0, 0.05) is 6.04 Å². The molecule has 0 aliphatic heterocycles. The zero-order chi connectivity index (χ0) is 11.6. The Morgan fingerprint density at radius 3 is 2.25 bits per heavy atom. The van der Waals surface area contributed by atoms with Crippen molar-refractivity contribution >= 4 is 0 Å². The van der Waals surface area contributed by atoms with E-state index in [4.69, 9.17) is 0 Å². The summed E-state index contributed by atoms with van der Waals surface area (Å²) in [7, 11) is 0. The minimum absolute atomic E-state index is 0.889. The smallest absolute Gasteiger partial charge is 0.00991 e. The van der Waals surface area contributed by atoms with E-state index in [2.05, 4.69) is 19.2 Å². The van der Waals surface area contributed by atoms with Crippen LogP contribution in [0.1, 0.15) is 78.1 Å². The first kappa shape index (κ1) is 14.0. The molecular weight excluding hydrogens is 194 g/mol. The van der Waals surface area contributed by atoms with E-state index in [9.17, 15) is 0 Å². The third kappa shape index (κ3) is 6.52. The molecule has 0 aromatic rings. The Labute approximate surface area is 102 Å². The third-order valence-corrected chi connectivity index (χ3v) is 3.77. The molecule has 0 saturated heterocycles. The lowest BCUT2D eigenvalue weighted by atomic mass is 10.1. The summed E-state index contributed by atoms with van der Waals surface area (Å²) in [4.78, 5) is 0. The fraction of sp³-hybridized carbons (Fsp3) is 1.00. The van der Waals surface area contributed by atoms with Gasteiger partial charge in [-0.25, -0.2) is 0 Å². The topological polar surface area (TPSA) is 12.0 Å². The molecule has 0 radical (unpaired) electrons. The van der Waals surface area contributed by atoms with Crippen LogP contribution in [-0.2, 0) is 0 Å². The Balaban J connectivity index is 1.73. The molecule has 2 unspecified atom stereocenters. The summed E-state index contributed by atoms with van der Waals surface area (Å²) >= 11 is 0. The van der Waals surface area contributed by atoms with Gasteiger partial charge in [-0.1, -0.05) is 58.8 Å². The maximum absolute atomic E-state index is 3.69. The molecule has 1 heteroatoms. The van der Waals surface area contributed by atoms with Gasteiger partial charge in [0.05, 0.1) is 0 Å². The second kappa shape index (κ2) is 9.04. The van der Waals surface area contributed by atoms with Crippen molar-refractivity contribution in [3.8, 4) is 0 Å². The van der Waals surface area contributed by atoms with Crippen molar-refractivity contribution in [3.63, 3.8) is 0 Å². The summed E-state index contributed by atoms with van der Waals surface area (Å²) in [6, 6.07) is 0.889. The second-order valence-electron chi connectivity index (χ2n) is 5.47. The molecule has 0 aromatic heterocycles. The Bertz CT molecular complexity index is 156. The minimum Gasteiger partial charge on any atom is -0.314 e. The Morgan fingerprint density at radius 2 is 1.56 bits per heavy atom. The molecule has 1 saturated carbocycles. The Hall–Kier alpha value is -0.0400. The molecule has 1 nitrogen and oxygen atoms in total. The van der Waals surface area contributed by atoms with E-state index in [1.807, 2.05) is 0 Å². The van der Waals surface area contributed by atoms with E-state index >= 15 is 0 Å². The monoisotopic (exact) mass is 225 g/mol. The van der Waals surface area contributed by atoms with Crippen molar-refractivity contribution in [1.82, 2.24) is 5.32 Å². The molecule has 0 heterocycles. The molecule has 1 N–H and O–H groups in total. The van der Waals surface area contributed by atoms with Gasteiger partial charge in [0.15, 0.2) is 0 Å². The number of unbranched alkanes of at least 4 members (excludes halogenated alkanes) is 6. The van der Waals surface area contributed by atoms with Crippen molar-refractivity contribution in [1.29, 1.82) is 0 Å². The molecule has 0 amide bonds. The van der Waals surface area contributed by atoms with Gasteiger partial charge >= 0.3 is 0 Å². The van der Waals surface area contributed by atoms with Crippen molar-refractivity contribution in [2.75, 3.05) is 6.54 Å². The van der Waals surface area contributed by atoms with Crippen LogP contribution in [-0.4, -0.2) is 12.6 Å². The van der Waals surface area contributed by atoms with Crippen LogP contribution in [0.5, 0.6) is 0 Å². The van der Waals surface area contributed by atoms with E-state index in [0.29, 0.717) is 0 Å². The summed E-state index contributed by atoms with van der Waals surface area (Å²) < 4.78 is 0. The molecule has 0 aromatic carbocycles. The van der Waals surface area contributed by atoms with Gasteiger partial charge < -0.3 is 5.32 Å². The van der Waals surface area contributed by atoms with E-state index < -0.39 is 0 Å².